The minimum absolute atomic E-state index is 0.0142. The molecule has 4 rings (SSSR count). The molecule has 1 aliphatic rings. The molecule has 7 nitrogen and oxygen atoms in total. The first-order valence-corrected chi connectivity index (χ1v) is 13.1. The molecule has 1 N–H and O–H groups in total. The number of rotatable bonds is 6. The summed E-state index contributed by atoms with van der Waals surface area (Å²) >= 11 is 1.33. The number of nitrogens with zero attached hydrogens (tertiary/aromatic N) is 3. The summed E-state index contributed by atoms with van der Waals surface area (Å²) in [7, 11) is -1.97. The van der Waals surface area contributed by atoms with E-state index in [-0.39, 0.29) is 10.8 Å². The van der Waals surface area contributed by atoms with Gasteiger partial charge in [0.05, 0.1) is 17.1 Å². The van der Waals surface area contributed by atoms with Crippen molar-refractivity contribution < 1.29 is 13.2 Å². The molecule has 9 heteroatoms. The Morgan fingerprint density at radius 2 is 1.88 bits per heavy atom. The van der Waals surface area contributed by atoms with Gasteiger partial charge in [0, 0.05) is 25.8 Å². The molecule has 2 aromatic heterocycles. The number of carbonyl (C=O) groups is 1. The van der Waals surface area contributed by atoms with E-state index in [2.05, 4.69) is 9.71 Å². The fourth-order valence-corrected chi connectivity index (χ4v) is 6.52. The number of para-hydroxylation sites is 1. The summed E-state index contributed by atoms with van der Waals surface area (Å²) in [4.78, 5) is 20.2. The average molecular weight is 473 g/mol. The molecule has 0 atom stereocenters. The van der Waals surface area contributed by atoms with Crippen molar-refractivity contribution >= 4 is 33.0 Å². The van der Waals surface area contributed by atoms with E-state index in [1.165, 1.54) is 11.3 Å². The highest BCUT2D eigenvalue weighted by molar-refractivity contribution is 7.92. The minimum atomic E-state index is -3.79. The molecule has 0 saturated carbocycles. The molecular formula is C23H28N4O3S2. The van der Waals surface area contributed by atoms with E-state index >= 15 is 0 Å². The summed E-state index contributed by atoms with van der Waals surface area (Å²) < 4.78 is 31.0. The lowest BCUT2D eigenvalue weighted by Crippen LogP contribution is -2.27. The molecule has 1 aromatic carbocycles. The Morgan fingerprint density at radius 3 is 2.56 bits per heavy atom. The van der Waals surface area contributed by atoms with Crippen LogP contribution in [0.4, 0.5) is 5.69 Å². The second-order valence-electron chi connectivity index (χ2n) is 8.09. The molecule has 0 unspecified atom stereocenters. The maximum absolute atomic E-state index is 13.2. The predicted molar refractivity (Wildman–Crippen MR) is 128 cm³/mol. The topological polar surface area (TPSA) is 84.3 Å². The number of benzene rings is 1. The van der Waals surface area contributed by atoms with Gasteiger partial charge >= 0.3 is 0 Å². The fraction of sp³-hybridized carbons (Fsp3) is 0.391. The molecule has 1 fully saturated rings. The number of amides is 1. The third-order valence-corrected chi connectivity index (χ3v) is 8.67. The number of likely N-dealkylation sites (tertiary alicyclic amines) is 1. The summed E-state index contributed by atoms with van der Waals surface area (Å²) in [5, 5.41) is 0.644. The molecule has 1 saturated heterocycles. The van der Waals surface area contributed by atoms with Crippen LogP contribution in [0.3, 0.4) is 0 Å². The van der Waals surface area contributed by atoms with Crippen LogP contribution in [-0.2, 0) is 23.5 Å². The molecule has 1 amide bonds. The van der Waals surface area contributed by atoms with Gasteiger partial charge < -0.3 is 9.47 Å². The van der Waals surface area contributed by atoms with Gasteiger partial charge in [0.2, 0.25) is 0 Å². The lowest BCUT2D eigenvalue weighted by atomic mass is 10.1. The number of aryl methyl sites for hydroxylation is 2. The van der Waals surface area contributed by atoms with Gasteiger partial charge in [-0.15, -0.1) is 11.3 Å². The molecule has 170 valence electrons. The van der Waals surface area contributed by atoms with Crippen LogP contribution < -0.4 is 4.72 Å². The van der Waals surface area contributed by atoms with Gasteiger partial charge in [-0.3, -0.25) is 9.52 Å². The molecule has 3 aromatic rings. The Bertz CT molecular complexity index is 1270. The summed E-state index contributed by atoms with van der Waals surface area (Å²) in [5.74, 6) is 0.0142. The lowest BCUT2D eigenvalue weighted by Gasteiger charge is -2.13. The number of aromatic nitrogens is 2. The zero-order chi connectivity index (χ0) is 23.0. The lowest BCUT2D eigenvalue weighted by molar-refractivity contribution is 0.0796. The van der Waals surface area contributed by atoms with E-state index in [1.807, 2.05) is 48.6 Å². The largest absolute Gasteiger partial charge is 0.345 e. The molecule has 0 spiro atoms. The van der Waals surface area contributed by atoms with Crippen molar-refractivity contribution in [2.45, 2.75) is 44.9 Å². The normalized spacial score (nSPS) is 14.2. The third-order valence-electron chi connectivity index (χ3n) is 6.02. The maximum Gasteiger partial charge on any atom is 0.265 e. The van der Waals surface area contributed by atoms with Gasteiger partial charge in [0.15, 0.2) is 0 Å². The summed E-state index contributed by atoms with van der Waals surface area (Å²) in [5.41, 5.74) is 3.50. The number of anilines is 1. The Balaban J connectivity index is 1.69. The molecule has 3 heterocycles. The highest BCUT2D eigenvalue weighted by atomic mass is 32.2. The Labute approximate surface area is 193 Å². The van der Waals surface area contributed by atoms with Crippen LogP contribution in [0.1, 0.15) is 46.4 Å². The van der Waals surface area contributed by atoms with Crippen molar-refractivity contribution in [3.05, 3.63) is 52.2 Å². The van der Waals surface area contributed by atoms with Crippen molar-refractivity contribution in [1.82, 2.24) is 14.5 Å². The van der Waals surface area contributed by atoms with E-state index in [0.29, 0.717) is 32.7 Å². The predicted octanol–water partition coefficient (Wildman–Crippen LogP) is 4.36. The second kappa shape index (κ2) is 8.71. The van der Waals surface area contributed by atoms with Crippen LogP contribution >= 0.6 is 11.3 Å². The summed E-state index contributed by atoms with van der Waals surface area (Å²) in [6.07, 6.45) is 2.79. The third kappa shape index (κ3) is 4.06. The first-order valence-electron chi connectivity index (χ1n) is 10.8. The first-order chi connectivity index (χ1) is 15.2. The van der Waals surface area contributed by atoms with E-state index in [1.54, 1.807) is 19.1 Å². The summed E-state index contributed by atoms with van der Waals surface area (Å²) in [6.45, 7) is 7.16. The number of thiazole rings is 1. The average Bonchev–Trinajstić information content (AvgIpc) is 3.49. The Hall–Kier alpha value is -2.65. The molecule has 0 bridgehead atoms. The SMILES string of the molecule is CCc1ccccc1NS(=O)(=O)c1cc(-c2nc(C)c(C(=O)N3CCCC3)s2)n(C)c1C. The standard InChI is InChI=1S/C23H28N4O3S2/c1-5-17-10-6-7-11-18(17)25-32(29,30)20-14-19(26(4)16(20)3)22-24-15(2)21(31-22)23(28)27-12-8-9-13-27/h6-7,10-11,14,25H,5,8-9,12-13H2,1-4H3. The number of carbonyl (C=O) groups excluding carboxylic acids is 1. The van der Waals surface area contributed by atoms with Gasteiger partial charge in [-0.25, -0.2) is 13.4 Å². The highest BCUT2D eigenvalue weighted by Crippen LogP contribution is 2.34. The minimum Gasteiger partial charge on any atom is -0.345 e. The van der Waals surface area contributed by atoms with Crippen LogP contribution in [0, 0.1) is 13.8 Å². The first kappa shape index (κ1) is 22.5. The number of sulfonamides is 1. The van der Waals surface area contributed by atoms with E-state index in [0.717, 1.165) is 37.9 Å². The molecule has 32 heavy (non-hydrogen) atoms. The number of hydrogen-bond donors (Lipinski definition) is 1. The van der Waals surface area contributed by atoms with Crippen molar-refractivity contribution in [1.29, 1.82) is 0 Å². The quantitative estimate of drug-likeness (QED) is 0.578. The number of hydrogen-bond acceptors (Lipinski definition) is 5. The van der Waals surface area contributed by atoms with Crippen LogP contribution in [0.2, 0.25) is 0 Å². The maximum atomic E-state index is 13.2. The van der Waals surface area contributed by atoms with Gasteiger partial charge in [0.25, 0.3) is 15.9 Å². The fourth-order valence-electron chi connectivity index (χ4n) is 4.04. The van der Waals surface area contributed by atoms with E-state index in [9.17, 15) is 13.2 Å². The van der Waals surface area contributed by atoms with E-state index in [4.69, 9.17) is 0 Å². The molecule has 1 aliphatic heterocycles. The Morgan fingerprint density at radius 1 is 1.19 bits per heavy atom. The van der Waals surface area contributed by atoms with Gasteiger partial charge in [-0.2, -0.15) is 0 Å². The van der Waals surface area contributed by atoms with Crippen molar-refractivity contribution in [2.75, 3.05) is 17.8 Å². The zero-order valence-corrected chi connectivity index (χ0v) is 20.4. The van der Waals surface area contributed by atoms with Crippen LogP contribution in [0.5, 0.6) is 0 Å². The molecular weight excluding hydrogens is 444 g/mol. The molecule has 0 aliphatic carbocycles. The van der Waals surface area contributed by atoms with Crippen LogP contribution in [0.25, 0.3) is 10.7 Å². The second-order valence-corrected chi connectivity index (χ2v) is 10.7. The summed E-state index contributed by atoms with van der Waals surface area (Å²) in [6, 6.07) is 9.05. The van der Waals surface area contributed by atoms with Crippen LogP contribution in [-0.4, -0.2) is 41.9 Å². The number of nitrogens with one attached hydrogen (secondary N) is 1. The van der Waals surface area contributed by atoms with Crippen molar-refractivity contribution in [2.24, 2.45) is 7.05 Å². The van der Waals surface area contributed by atoms with Gasteiger partial charge in [-0.05, 0) is 50.8 Å². The monoisotopic (exact) mass is 472 g/mol. The smallest absolute Gasteiger partial charge is 0.265 e. The Kier molecular flexibility index (Phi) is 6.13. The zero-order valence-electron chi connectivity index (χ0n) is 18.8. The van der Waals surface area contributed by atoms with Crippen molar-refractivity contribution in [3.8, 4) is 10.7 Å². The van der Waals surface area contributed by atoms with Gasteiger partial charge in [0.1, 0.15) is 14.8 Å². The van der Waals surface area contributed by atoms with Crippen molar-refractivity contribution in [3.63, 3.8) is 0 Å². The van der Waals surface area contributed by atoms with Crippen LogP contribution in [0.15, 0.2) is 35.2 Å². The molecule has 0 radical (unpaired) electrons. The highest BCUT2D eigenvalue weighted by Gasteiger charge is 2.27. The van der Waals surface area contributed by atoms with E-state index < -0.39 is 10.0 Å². The van der Waals surface area contributed by atoms with Gasteiger partial charge in [-0.1, -0.05) is 25.1 Å².